The van der Waals surface area contributed by atoms with Crippen LogP contribution in [0.1, 0.15) is 49.3 Å². The first-order valence-corrected chi connectivity index (χ1v) is 19.0. The van der Waals surface area contributed by atoms with E-state index in [1.807, 2.05) is 78.9 Å². The Morgan fingerprint density at radius 2 is 1.43 bits per heavy atom. The fourth-order valence-electron chi connectivity index (χ4n) is 5.78. The molecule has 10 nitrogen and oxygen atoms in total. The molecule has 5 rings (SSSR count). The maximum atomic E-state index is 13.2. The summed E-state index contributed by atoms with van der Waals surface area (Å²) in [5.74, 6) is 3.68. The van der Waals surface area contributed by atoms with Crippen molar-refractivity contribution in [3.8, 4) is 23.8 Å². The highest BCUT2D eigenvalue weighted by Crippen LogP contribution is 2.45. The van der Waals surface area contributed by atoms with Gasteiger partial charge in [-0.25, -0.2) is 4.79 Å². The van der Waals surface area contributed by atoms with E-state index in [4.69, 9.17) is 29.8 Å². The monoisotopic (exact) mass is 684 g/mol. The van der Waals surface area contributed by atoms with Crippen LogP contribution in [-0.2, 0) is 19.5 Å². The summed E-state index contributed by atoms with van der Waals surface area (Å²) >= 11 is 0. The number of hydrogen-bond acceptors (Lipinski definition) is 8. The number of aromatic nitrogens is 2. The van der Waals surface area contributed by atoms with E-state index in [1.54, 1.807) is 14.2 Å². The summed E-state index contributed by atoms with van der Waals surface area (Å²) in [6, 6.07) is 25.0. The lowest BCUT2D eigenvalue weighted by Crippen LogP contribution is -2.50. The first-order chi connectivity index (χ1) is 23.2. The average molecular weight is 685 g/mol. The SMILES string of the molecule is C#Cc1cn([C@@H]2O[C@H](COC(c3ccccc3)(c3ccc(OC)cc3)c3ccc(OC)cc3)[C@@H](O)[C@H]2O[Si](C)(C)C(C)(C)C)c(=O)[nH]c1=O. The summed E-state index contributed by atoms with van der Waals surface area (Å²) in [5.41, 5.74) is -0.208. The number of ether oxygens (including phenoxy) is 4. The molecule has 0 amide bonds. The molecule has 49 heavy (non-hydrogen) atoms. The molecule has 1 fully saturated rings. The van der Waals surface area contributed by atoms with Gasteiger partial charge in [0.2, 0.25) is 0 Å². The lowest BCUT2D eigenvalue weighted by molar-refractivity contribution is -0.0956. The standard InChI is InChI=1S/C38H44N2O8Si/c1-9-25-23-40(36(43)39-34(25)42)35-33(48-49(7,8)37(2,3)4)32(41)31(47-35)24-46-38(26-13-11-10-12-14-26,27-15-19-29(44-5)20-16-27)28-17-21-30(45-6)22-18-28/h1,10-23,31-33,35,41H,24H2,2-8H3,(H,39,42,43)/t31-,32-,33-,35-/m1/s1. The summed E-state index contributed by atoms with van der Waals surface area (Å²) in [6.45, 7) is 10.2. The minimum atomic E-state index is -2.53. The molecular weight excluding hydrogens is 641 g/mol. The van der Waals surface area contributed by atoms with E-state index in [0.717, 1.165) is 16.7 Å². The van der Waals surface area contributed by atoms with E-state index >= 15 is 0 Å². The Balaban J connectivity index is 1.61. The summed E-state index contributed by atoms with van der Waals surface area (Å²) in [6.07, 6.45) is 2.60. The molecule has 0 radical (unpaired) electrons. The maximum absolute atomic E-state index is 13.2. The molecular formula is C38H44N2O8Si. The second-order valence-corrected chi connectivity index (χ2v) is 18.3. The van der Waals surface area contributed by atoms with Crippen LogP contribution in [0, 0.1) is 12.3 Å². The number of rotatable bonds is 11. The van der Waals surface area contributed by atoms with Crippen LogP contribution in [0.2, 0.25) is 18.1 Å². The highest BCUT2D eigenvalue weighted by Gasteiger charge is 2.52. The number of nitrogens with one attached hydrogen (secondary N) is 1. The number of hydrogen-bond donors (Lipinski definition) is 2. The number of nitrogens with zero attached hydrogens (tertiary/aromatic N) is 1. The van der Waals surface area contributed by atoms with Gasteiger partial charge in [0, 0.05) is 6.20 Å². The van der Waals surface area contributed by atoms with Crippen molar-refractivity contribution in [2.24, 2.45) is 0 Å². The van der Waals surface area contributed by atoms with Crippen molar-refractivity contribution >= 4 is 8.32 Å². The van der Waals surface area contributed by atoms with Crippen molar-refractivity contribution in [1.29, 1.82) is 0 Å². The Kier molecular flexibility index (Phi) is 10.4. The molecule has 0 saturated carbocycles. The van der Waals surface area contributed by atoms with Gasteiger partial charge in [0.25, 0.3) is 5.56 Å². The molecule has 1 aliphatic heterocycles. The third kappa shape index (κ3) is 7.01. The predicted octanol–water partition coefficient (Wildman–Crippen LogP) is 5.19. The first-order valence-electron chi connectivity index (χ1n) is 16.1. The number of terminal acetylenes is 1. The van der Waals surface area contributed by atoms with Crippen LogP contribution >= 0.6 is 0 Å². The van der Waals surface area contributed by atoms with E-state index < -0.39 is 49.7 Å². The van der Waals surface area contributed by atoms with Gasteiger partial charge < -0.3 is 28.5 Å². The maximum Gasteiger partial charge on any atom is 0.330 e. The largest absolute Gasteiger partial charge is 0.497 e. The molecule has 2 N–H and O–H groups in total. The minimum absolute atomic E-state index is 0.0504. The van der Waals surface area contributed by atoms with Gasteiger partial charge in [0.15, 0.2) is 14.5 Å². The third-order valence-corrected chi connectivity index (χ3v) is 14.1. The van der Waals surface area contributed by atoms with Crippen LogP contribution in [-0.4, -0.2) is 62.1 Å². The number of aliphatic hydroxyl groups excluding tert-OH is 1. The lowest BCUT2D eigenvalue weighted by atomic mass is 9.80. The topological polar surface area (TPSA) is 121 Å². The van der Waals surface area contributed by atoms with Gasteiger partial charge in [-0.15, -0.1) is 6.42 Å². The second kappa shape index (κ2) is 14.2. The van der Waals surface area contributed by atoms with Crippen LogP contribution in [0.5, 0.6) is 11.5 Å². The predicted molar refractivity (Wildman–Crippen MR) is 190 cm³/mol. The van der Waals surface area contributed by atoms with Crippen molar-refractivity contribution in [3.63, 3.8) is 0 Å². The summed E-state index contributed by atoms with van der Waals surface area (Å²) in [5, 5.41) is 11.7. The fourth-order valence-corrected chi connectivity index (χ4v) is 7.07. The molecule has 2 heterocycles. The molecule has 0 aliphatic carbocycles. The van der Waals surface area contributed by atoms with E-state index in [0.29, 0.717) is 11.5 Å². The summed E-state index contributed by atoms with van der Waals surface area (Å²) in [4.78, 5) is 27.8. The quantitative estimate of drug-likeness (QED) is 0.126. The van der Waals surface area contributed by atoms with Gasteiger partial charge in [0.1, 0.15) is 41.0 Å². The van der Waals surface area contributed by atoms with Crippen molar-refractivity contribution in [2.75, 3.05) is 20.8 Å². The second-order valence-electron chi connectivity index (χ2n) is 13.6. The Hall–Kier alpha value is -4.44. The molecule has 258 valence electrons. The Bertz CT molecular complexity index is 1840. The number of H-pyrrole nitrogens is 1. The van der Waals surface area contributed by atoms with E-state index in [2.05, 4.69) is 44.8 Å². The molecule has 4 atom stereocenters. The zero-order valence-electron chi connectivity index (χ0n) is 28.9. The van der Waals surface area contributed by atoms with Crippen LogP contribution in [0.4, 0.5) is 0 Å². The van der Waals surface area contributed by atoms with Gasteiger partial charge in [-0.05, 0) is 59.1 Å². The summed E-state index contributed by atoms with van der Waals surface area (Å²) < 4.78 is 32.4. The fraction of sp³-hybridized carbons (Fsp3) is 0.368. The zero-order valence-corrected chi connectivity index (χ0v) is 29.9. The van der Waals surface area contributed by atoms with Gasteiger partial charge in [-0.2, -0.15) is 0 Å². The van der Waals surface area contributed by atoms with E-state index in [-0.39, 0.29) is 17.2 Å². The van der Waals surface area contributed by atoms with Crippen molar-refractivity contribution < 1.29 is 28.5 Å². The molecule has 1 aliphatic rings. The number of methoxy groups -OCH3 is 2. The molecule has 1 aromatic heterocycles. The highest BCUT2D eigenvalue weighted by atomic mass is 28.4. The molecule has 3 aromatic carbocycles. The van der Waals surface area contributed by atoms with Crippen molar-refractivity contribution in [2.45, 2.75) is 69.0 Å². The molecule has 1 saturated heterocycles. The summed E-state index contributed by atoms with van der Waals surface area (Å²) in [7, 11) is 0.683. The molecule has 0 spiro atoms. The average Bonchev–Trinajstić information content (AvgIpc) is 3.39. The number of aromatic amines is 1. The first kappa shape index (κ1) is 35.9. The Morgan fingerprint density at radius 3 is 1.92 bits per heavy atom. The van der Waals surface area contributed by atoms with Crippen LogP contribution < -0.4 is 20.7 Å². The van der Waals surface area contributed by atoms with Crippen LogP contribution in [0.15, 0.2) is 94.6 Å². The highest BCUT2D eigenvalue weighted by molar-refractivity contribution is 6.74. The Labute approximate surface area is 287 Å². The Morgan fingerprint density at radius 1 is 0.898 bits per heavy atom. The van der Waals surface area contributed by atoms with E-state index in [1.165, 1.54) is 10.8 Å². The normalized spacial score (nSPS) is 19.7. The van der Waals surface area contributed by atoms with Crippen LogP contribution in [0.25, 0.3) is 0 Å². The van der Waals surface area contributed by atoms with Crippen molar-refractivity contribution in [3.05, 3.63) is 128 Å². The third-order valence-electron chi connectivity index (χ3n) is 9.58. The van der Waals surface area contributed by atoms with Gasteiger partial charge >= 0.3 is 5.69 Å². The van der Waals surface area contributed by atoms with Gasteiger partial charge in [-0.3, -0.25) is 14.3 Å². The van der Waals surface area contributed by atoms with Gasteiger partial charge in [0.05, 0.1) is 20.8 Å². The van der Waals surface area contributed by atoms with Crippen molar-refractivity contribution in [1.82, 2.24) is 9.55 Å². The van der Waals surface area contributed by atoms with E-state index in [9.17, 15) is 14.7 Å². The smallest absolute Gasteiger partial charge is 0.330 e. The number of benzene rings is 3. The molecule has 0 unspecified atom stereocenters. The molecule has 0 bridgehead atoms. The minimum Gasteiger partial charge on any atom is -0.497 e. The number of aliphatic hydroxyl groups is 1. The molecule has 4 aromatic rings. The van der Waals surface area contributed by atoms with Gasteiger partial charge in [-0.1, -0.05) is 81.3 Å². The zero-order chi connectivity index (χ0) is 35.6. The molecule has 11 heteroatoms. The van der Waals surface area contributed by atoms with Crippen LogP contribution in [0.3, 0.4) is 0 Å². The lowest BCUT2D eigenvalue weighted by Gasteiger charge is -2.40.